The number of anilines is 1. The van der Waals surface area contributed by atoms with Gasteiger partial charge in [-0.1, -0.05) is 77.5 Å². The van der Waals surface area contributed by atoms with Gasteiger partial charge < -0.3 is 10.2 Å². The van der Waals surface area contributed by atoms with E-state index < -0.39 is 28.5 Å². The average Bonchev–Trinajstić information content (AvgIpc) is 3.44. The van der Waals surface area contributed by atoms with Crippen LogP contribution in [-0.2, 0) is 26.2 Å². The molecule has 0 radical (unpaired) electrons. The zero-order chi connectivity index (χ0) is 29.7. The van der Waals surface area contributed by atoms with E-state index in [9.17, 15) is 18.0 Å². The van der Waals surface area contributed by atoms with Crippen LogP contribution in [0.2, 0.25) is 15.1 Å². The lowest BCUT2D eigenvalue weighted by atomic mass is 10.1. The Morgan fingerprint density at radius 2 is 1.61 bits per heavy atom. The van der Waals surface area contributed by atoms with E-state index in [0.717, 1.165) is 35.6 Å². The first-order chi connectivity index (χ1) is 19.5. The van der Waals surface area contributed by atoms with Crippen molar-refractivity contribution >= 4 is 62.3 Å². The summed E-state index contributed by atoms with van der Waals surface area (Å²) in [5, 5.41) is 4.12. The molecule has 0 bridgehead atoms. The third-order valence-corrected chi connectivity index (χ3v) is 9.82. The first-order valence-electron chi connectivity index (χ1n) is 13.3. The fraction of sp³-hybridized carbons (Fsp3) is 0.333. The maximum Gasteiger partial charge on any atom is 0.264 e. The Hall–Kier alpha value is -2.78. The van der Waals surface area contributed by atoms with Crippen molar-refractivity contribution in [1.82, 2.24) is 10.2 Å². The molecule has 0 unspecified atom stereocenters. The lowest BCUT2D eigenvalue weighted by molar-refractivity contribution is -0.139. The van der Waals surface area contributed by atoms with Gasteiger partial charge in [0.2, 0.25) is 11.8 Å². The number of rotatable bonds is 10. The molecular weight excluding hydrogens is 605 g/mol. The average molecular weight is 637 g/mol. The van der Waals surface area contributed by atoms with Gasteiger partial charge >= 0.3 is 0 Å². The van der Waals surface area contributed by atoms with E-state index in [4.69, 9.17) is 34.8 Å². The Morgan fingerprint density at radius 1 is 0.951 bits per heavy atom. The fourth-order valence-electron chi connectivity index (χ4n) is 4.81. The second-order valence-corrected chi connectivity index (χ2v) is 13.4. The number of carbonyl (C=O) groups excluding carboxylic acids is 2. The Morgan fingerprint density at radius 3 is 2.24 bits per heavy atom. The van der Waals surface area contributed by atoms with E-state index in [1.54, 1.807) is 55.5 Å². The second kappa shape index (κ2) is 13.5. The summed E-state index contributed by atoms with van der Waals surface area (Å²) in [6.07, 6.45) is 3.83. The standard InChI is InChI=1S/C30H32Cl3N3O4S/c1-20-10-14-27(15-11-20)41(39,40)36(26-9-5-6-23(31)16-26)19-29(37)35(18-22-12-13-24(32)17-28(22)33)21(2)30(38)34-25-7-3-4-8-25/h5-6,9-17,21,25H,3-4,7-8,18-19H2,1-2H3,(H,34,38)/t21-/m0/s1. The van der Waals surface area contributed by atoms with Crippen LogP contribution in [0.3, 0.4) is 0 Å². The number of benzene rings is 3. The number of hydrogen-bond donors (Lipinski definition) is 1. The summed E-state index contributed by atoms with van der Waals surface area (Å²) < 4.78 is 28.8. The smallest absolute Gasteiger partial charge is 0.264 e. The minimum atomic E-state index is -4.18. The van der Waals surface area contributed by atoms with Gasteiger partial charge in [0.25, 0.3) is 10.0 Å². The molecule has 41 heavy (non-hydrogen) atoms. The quantitative estimate of drug-likeness (QED) is 0.271. The van der Waals surface area contributed by atoms with Crippen LogP contribution >= 0.6 is 34.8 Å². The van der Waals surface area contributed by atoms with Crippen molar-refractivity contribution in [2.45, 2.75) is 63.1 Å². The molecule has 1 fully saturated rings. The van der Waals surface area contributed by atoms with Crippen LogP contribution < -0.4 is 9.62 Å². The molecular formula is C30H32Cl3N3O4S. The van der Waals surface area contributed by atoms with Gasteiger partial charge in [0.15, 0.2) is 0 Å². The Balaban J connectivity index is 1.70. The van der Waals surface area contributed by atoms with Crippen LogP contribution in [0, 0.1) is 6.92 Å². The van der Waals surface area contributed by atoms with Crippen LogP contribution in [0.5, 0.6) is 0 Å². The molecule has 2 amide bonds. The lowest BCUT2D eigenvalue weighted by Crippen LogP contribution is -2.52. The number of carbonyl (C=O) groups is 2. The minimum Gasteiger partial charge on any atom is -0.352 e. The molecule has 0 aromatic heterocycles. The van der Waals surface area contributed by atoms with Gasteiger partial charge in [-0.05, 0) is 74.7 Å². The van der Waals surface area contributed by atoms with E-state index in [1.807, 2.05) is 6.92 Å². The normalized spacial score (nSPS) is 14.5. The molecule has 3 aromatic rings. The molecule has 4 rings (SSSR count). The third kappa shape index (κ3) is 7.74. The summed E-state index contributed by atoms with van der Waals surface area (Å²) in [6, 6.07) is 16.7. The van der Waals surface area contributed by atoms with Crippen LogP contribution in [-0.4, -0.2) is 43.8 Å². The Bertz CT molecular complexity index is 1510. The van der Waals surface area contributed by atoms with E-state index in [2.05, 4.69) is 5.32 Å². The largest absolute Gasteiger partial charge is 0.352 e. The zero-order valence-corrected chi connectivity index (χ0v) is 25.9. The summed E-state index contributed by atoms with van der Waals surface area (Å²) in [5.41, 5.74) is 1.68. The summed E-state index contributed by atoms with van der Waals surface area (Å²) in [7, 11) is -4.18. The van der Waals surface area contributed by atoms with Gasteiger partial charge in [0.1, 0.15) is 12.6 Å². The molecule has 1 atom stereocenters. The van der Waals surface area contributed by atoms with Crippen LogP contribution in [0.25, 0.3) is 0 Å². The van der Waals surface area contributed by atoms with Gasteiger partial charge in [-0.3, -0.25) is 13.9 Å². The van der Waals surface area contributed by atoms with Gasteiger partial charge in [-0.2, -0.15) is 0 Å². The molecule has 7 nitrogen and oxygen atoms in total. The predicted octanol–water partition coefficient (Wildman–Crippen LogP) is 6.63. The first-order valence-corrected chi connectivity index (χ1v) is 15.9. The summed E-state index contributed by atoms with van der Waals surface area (Å²) >= 11 is 18.7. The molecule has 218 valence electrons. The minimum absolute atomic E-state index is 0.0233. The van der Waals surface area contributed by atoms with E-state index in [1.165, 1.54) is 23.1 Å². The number of nitrogens with one attached hydrogen (secondary N) is 1. The highest BCUT2D eigenvalue weighted by Crippen LogP contribution is 2.28. The molecule has 1 N–H and O–H groups in total. The molecule has 0 spiro atoms. The summed E-state index contributed by atoms with van der Waals surface area (Å²) in [5.74, 6) is -0.896. The number of sulfonamides is 1. The molecule has 0 heterocycles. The van der Waals surface area contributed by atoms with Crippen molar-refractivity contribution < 1.29 is 18.0 Å². The number of aryl methyl sites for hydroxylation is 1. The second-order valence-electron chi connectivity index (χ2n) is 10.2. The maximum absolute atomic E-state index is 14.0. The molecule has 0 aliphatic heterocycles. The molecule has 0 saturated heterocycles. The topological polar surface area (TPSA) is 86.8 Å². The first kappa shape index (κ1) is 31.2. The molecule has 1 aliphatic rings. The van der Waals surface area contributed by atoms with Crippen LogP contribution in [0.1, 0.15) is 43.7 Å². The van der Waals surface area contributed by atoms with Crippen LogP contribution in [0.4, 0.5) is 5.69 Å². The van der Waals surface area contributed by atoms with Gasteiger partial charge in [0.05, 0.1) is 10.6 Å². The van der Waals surface area contributed by atoms with Gasteiger partial charge in [0, 0.05) is 27.7 Å². The third-order valence-electron chi connectivity index (χ3n) is 7.21. The highest BCUT2D eigenvalue weighted by atomic mass is 35.5. The van der Waals surface area contributed by atoms with E-state index in [-0.39, 0.29) is 29.1 Å². The van der Waals surface area contributed by atoms with E-state index >= 15 is 0 Å². The highest BCUT2D eigenvalue weighted by Gasteiger charge is 2.33. The van der Waals surface area contributed by atoms with E-state index in [0.29, 0.717) is 20.6 Å². The van der Waals surface area contributed by atoms with Crippen molar-refractivity contribution in [1.29, 1.82) is 0 Å². The number of nitrogens with zero attached hydrogens (tertiary/aromatic N) is 2. The van der Waals surface area contributed by atoms with Crippen LogP contribution in [0.15, 0.2) is 71.6 Å². The van der Waals surface area contributed by atoms with Crippen molar-refractivity contribution in [2.75, 3.05) is 10.8 Å². The SMILES string of the molecule is Cc1ccc(S(=O)(=O)N(CC(=O)N(Cc2ccc(Cl)cc2Cl)[C@@H](C)C(=O)NC2CCCC2)c2cccc(Cl)c2)cc1. The van der Waals surface area contributed by atoms with Crippen molar-refractivity contribution in [3.63, 3.8) is 0 Å². The number of hydrogen-bond acceptors (Lipinski definition) is 4. The monoisotopic (exact) mass is 635 g/mol. The fourth-order valence-corrected chi connectivity index (χ4v) is 6.86. The lowest BCUT2D eigenvalue weighted by Gasteiger charge is -2.32. The van der Waals surface area contributed by atoms with Gasteiger partial charge in [-0.15, -0.1) is 0 Å². The molecule has 1 aliphatic carbocycles. The summed E-state index contributed by atoms with van der Waals surface area (Å²) in [4.78, 5) is 28.7. The molecule has 11 heteroatoms. The molecule has 1 saturated carbocycles. The van der Waals surface area contributed by atoms with Crippen molar-refractivity contribution in [2.24, 2.45) is 0 Å². The number of halogens is 3. The molecule has 3 aromatic carbocycles. The highest BCUT2D eigenvalue weighted by molar-refractivity contribution is 7.92. The predicted molar refractivity (Wildman–Crippen MR) is 164 cm³/mol. The maximum atomic E-state index is 14.0. The summed E-state index contributed by atoms with van der Waals surface area (Å²) in [6.45, 7) is 2.89. The van der Waals surface area contributed by atoms with Gasteiger partial charge in [-0.25, -0.2) is 8.42 Å². The Labute approximate surface area is 256 Å². The Kier molecular flexibility index (Phi) is 10.2. The number of amides is 2. The van der Waals surface area contributed by atoms with Crippen molar-refractivity contribution in [3.05, 3.63) is 92.9 Å². The van der Waals surface area contributed by atoms with Crippen molar-refractivity contribution in [3.8, 4) is 0 Å². The zero-order valence-electron chi connectivity index (χ0n) is 22.8.